The molecule has 0 unspecified atom stereocenters. The molecule has 2 aliphatic heterocycles. The maximum absolute atomic E-state index is 5.92. The molecule has 0 amide bonds. The Bertz CT molecular complexity index is 1170. The Morgan fingerprint density at radius 1 is 0.655 bits per heavy atom. The second kappa shape index (κ2) is 7.09. The third-order valence-corrected chi connectivity index (χ3v) is 8.79. The molecule has 0 aliphatic carbocycles. The van der Waals surface area contributed by atoms with Crippen LogP contribution in [0.25, 0.3) is 31.9 Å². The number of aromatic nitrogens is 2. The Morgan fingerprint density at radius 2 is 1.07 bits per heavy atom. The molecule has 0 bridgehead atoms. The number of fused-ring (bicyclic) bond motifs is 3. The van der Waals surface area contributed by atoms with Crippen molar-refractivity contribution >= 4 is 77.3 Å². The molecule has 0 radical (unpaired) electrons. The minimum Gasteiger partial charge on any atom is -0.485 e. The molecule has 4 aromatic rings. The topological polar surface area (TPSA) is 62.7 Å². The van der Waals surface area contributed by atoms with Gasteiger partial charge in [-0.05, 0) is 31.9 Å². The standard InChI is InChI=1S/C18H10Br2N2O4S3/c19-17-13-11(23-3-5-25-13)15(27-17)7-1-2-8(10-9(7)21-29-22-10)16-12-14(18(20)28-16)26-6-4-24-12/h1-2H,3-6H2. The SMILES string of the molecule is Brc1sc(-c2ccc(-c3sc(Br)c4c3OCCO4)c3nsnc23)c2c1OCCO2. The van der Waals surface area contributed by atoms with Crippen molar-refractivity contribution in [1.82, 2.24) is 8.75 Å². The molecule has 6 rings (SSSR count). The Morgan fingerprint density at radius 3 is 1.52 bits per heavy atom. The molecule has 148 valence electrons. The smallest absolute Gasteiger partial charge is 0.187 e. The molecular formula is C18H10Br2N2O4S3. The maximum atomic E-state index is 5.92. The van der Waals surface area contributed by atoms with E-state index in [1.54, 1.807) is 22.7 Å². The molecule has 2 aliphatic rings. The normalized spacial score (nSPS) is 15.1. The number of benzene rings is 1. The van der Waals surface area contributed by atoms with E-state index in [2.05, 4.69) is 52.7 Å². The van der Waals surface area contributed by atoms with Crippen LogP contribution in [0.3, 0.4) is 0 Å². The van der Waals surface area contributed by atoms with Crippen molar-refractivity contribution in [1.29, 1.82) is 0 Å². The summed E-state index contributed by atoms with van der Waals surface area (Å²) in [6, 6.07) is 4.14. The lowest BCUT2D eigenvalue weighted by Crippen LogP contribution is -2.14. The number of halogens is 2. The van der Waals surface area contributed by atoms with Gasteiger partial charge in [0.1, 0.15) is 45.0 Å². The number of rotatable bonds is 2. The van der Waals surface area contributed by atoms with E-state index in [0.717, 1.165) is 62.5 Å². The van der Waals surface area contributed by atoms with Crippen LogP contribution >= 0.6 is 66.3 Å². The van der Waals surface area contributed by atoms with Gasteiger partial charge in [-0.3, -0.25) is 0 Å². The molecule has 0 atom stereocenters. The minimum absolute atomic E-state index is 0.534. The van der Waals surface area contributed by atoms with E-state index in [1.165, 1.54) is 11.7 Å². The molecule has 0 saturated carbocycles. The highest BCUT2D eigenvalue weighted by Gasteiger charge is 2.29. The van der Waals surface area contributed by atoms with Crippen LogP contribution in [0.4, 0.5) is 0 Å². The predicted molar refractivity (Wildman–Crippen MR) is 121 cm³/mol. The fourth-order valence-electron chi connectivity index (χ4n) is 3.42. The van der Waals surface area contributed by atoms with Crippen LogP contribution in [0.2, 0.25) is 0 Å². The Balaban J connectivity index is 1.55. The van der Waals surface area contributed by atoms with Gasteiger partial charge < -0.3 is 18.9 Å². The van der Waals surface area contributed by atoms with Crippen LogP contribution < -0.4 is 18.9 Å². The molecule has 3 aromatic heterocycles. The first kappa shape index (κ1) is 18.4. The second-order valence-corrected chi connectivity index (χ2v) is 11.4. The summed E-state index contributed by atoms with van der Waals surface area (Å²) >= 11 is 11.6. The molecule has 0 spiro atoms. The lowest BCUT2D eigenvalue weighted by molar-refractivity contribution is 0.173. The van der Waals surface area contributed by atoms with Gasteiger partial charge in [0.15, 0.2) is 23.0 Å². The molecule has 6 nitrogen and oxygen atoms in total. The summed E-state index contributed by atoms with van der Waals surface area (Å²) in [6.45, 7) is 2.17. The second-order valence-electron chi connectivity index (χ2n) is 6.24. The van der Waals surface area contributed by atoms with E-state index in [1.807, 2.05) is 0 Å². The van der Waals surface area contributed by atoms with Gasteiger partial charge in [0.05, 0.1) is 21.5 Å². The van der Waals surface area contributed by atoms with Gasteiger partial charge in [0.2, 0.25) is 0 Å². The molecular weight excluding hydrogens is 564 g/mol. The lowest BCUT2D eigenvalue weighted by Gasteiger charge is -2.17. The summed E-state index contributed by atoms with van der Waals surface area (Å²) in [7, 11) is 0. The number of nitrogens with zero attached hydrogens (tertiary/aromatic N) is 2. The Kier molecular flexibility index (Phi) is 4.49. The lowest BCUT2D eigenvalue weighted by atomic mass is 10.0. The zero-order chi connectivity index (χ0) is 19.5. The number of hydrogen-bond acceptors (Lipinski definition) is 9. The van der Waals surface area contributed by atoms with Crippen LogP contribution in [0.1, 0.15) is 0 Å². The first-order valence-corrected chi connectivity index (χ1v) is 12.6. The van der Waals surface area contributed by atoms with Gasteiger partial charge in [-0.25, -0.2) is 0 Å². The Hall–Kier alpha value is -1.40. The van der Waals surface area contributed by atoms with E-state index in [0.29, 0.717) is 26.4 Å². The molecule has 0 N–H and O–H groups in total. The van der Waals surface area contributed by atoms with Crippen molar-refractivity contribution in [3.05, 3.63) is 19.7 Å². The van der Waals surface area contributed by atoms with Crippen molar-refractivity contribution < 1.29 is 18.9 Å². The zero-order valence-corrected chi connectivity index (χ0v) is 20.1. The molecule has 0 saturated heterocycles. The van der Waals surface area contributed by atoms with E-state index >= 15 is 0 Å². The monoisotopic (exact) mass is 572 g/mol. The van der Waals surface area contributed by atoms with Crippen molar-refractivity contribution in [3.8, 4) is 43.9 Å². The van der Waals surface area contributed by atoms with Crippen LogP contribution in [0.15, 0.2) is 19.7 Å². The molecule has 29 heavy (non-hydrogen) atoms. The third-order valence-electron chi connectivity index (χ3n) is 4.62. The number of hydrogen-bond donors (Lipinski definition) is 0. The highest BCUT2D eigenvalue weighted by Crippen LogP contribution is 2.55. The maximum Gasteiger partial charge on any atom is 0.187 e. The fraction of sp³-hybridized carbons (Fsp3) is 0.222. The number of ether oxygens (including phenoxy) is 4. The van der Waals surface area contributed by atoms with Gasteiger partial charge in [0, 0.05) is 11.1 Å². The molecule has 1 aromatic carbocycles. The van der Waals surface area contributed by atoms with Gasteiger partial charge in [-0.1, -0.05) is 12.1 Å². The highest BCUT2D eigenvalue weighted by molar-refractivity contribution is 9.11. The van der Waals surface area contributed by atoms with Gasteiger partial charge in [-0.2, -0.15) is 8.75 Å². The summed E-state index contributed by atoms with van der Waals surface area (Å²) < 4.78 is 34.4. The van der Waals surface area contributed by atoms with Crippen LogP contribution in [0, 0.1) is 0 Å². The average molecular weight is 574 g/mol. The average Bonchev–Trinajstić information content (AvgIpc) is 3.45. The summed E-state index contributed by atoms with van der Waals surface area (Å²) in [5.41, 5.74) is 3.65. The summed E-state index contributed by atoms with van der Waals surface area (Å²) in [6.07, 6.45) is 0. The van der Waals surface area contributed by atoms with Crippen LogP contribution in [-0.4, -0.2) is 35.2 Å². The van der Waals surface area contributed by atoms with Crippen molar-refractivity contribution in [2.24, 2.45) is 0 Å². The summed E-state index contributed by atoms with van der Waals surface area (Å²) in [4.78, 5) is 1.98. The summed E-state index contributed by atoms with van der Waals surface area (Å²) in [5.74, 6) is 3.06. The summed E-state index contributed by atoms with van der Waals surface area (Å²) in [5, 5.41) is 0. The molecule has 5 heterocycles. The largest absolute Gasteiger partial charge is 0.485 e. The quantitative estimate of drug-likeness (QED) is 0.284. The van der Waals surface area contributed by atoms with Crippen LogP contribution in [0.5, 0.6) is 23.0 Å². The minimum atomic E-state index is 0.534. The van der Waals surface area contributed by atoms with Crippen molar-refractivity contribution in [3.63, 3.8) is 0 Å². The molecule has 11 heteroatoms. The first-order chi connectivity index (χ1) is 14.2. The van der Waals surface area contributed by atoms with Crippen molar-refractivity contribution in [2.45, 2.75) is 0 Å². The van der Waals surface area contributed by atoms with Gasteiger partial charge in [0.25, 0.3) is 0 Å². The van der Waals surface area contributed by atoms with Gasteiger partial charge in [-0.15, -0.1) is 22.7 Å². The molecule has 0 fully saturated rings. The number of thiophene rings is 2. The fourth-order valence-corrected chi connectivity index (χ4v) is 7.44. The van der Waals surface area contributed by atoms with Gasteiger partial charge >= 0.3 is 0 Å². The first-order valence-electron chi connectivity index (χ1n) is 8.64. The predicted octanol–water partition coefficient (Wildman–Crippen LogP) is 6.22. The van der Waals surface area contributed by atoms with Crippen molar-refractivity contribution in [2.75, 3.05) is 26.4 Å². The van der Waals surface area contributed by atoms with E-state index in [-0.39, 0.29) is 0 Å². The van der Waals surface area contributed by atoms with Crippen LogP contribution in [-0.2, 0) is 0 Å². The zero-order valence-electron chi connectivity index (χ0n) is 14.5. The van der Waals surface area contributed by atoms with E-state index < -0.39 is 0 Å². The highest BCUT2D eigenvalue weighted by atomic mass is 79.9. The van der Waals surface area contributed by atoms with E-state index in [9.17, 15) is 0 Å². The van der Waals surface area contributed by atoms with E-state index in [4.69, 9.17) is 18.9 Å². The Labute approximate surface area is 194 Å². The third kappa shape index (κ3) is 2.82.